The first-order valence-electron chi connectivity index (χ1n) is 23.6. The highest BCUT2D eigenvalue weighted by molar-refractivity contribution is 6.31. The summed E-state index contributed by atoms with van der Waals surface area (Å²) in [4.78, 5) is 44.0. The number of ketones is 1. The van der Waals surface area contributed by atoms with Gasteiger partial charge in [0.15, 0.2) is 13.2 Å². The fraction of sp³-hybridized carbons (Fsp3) is 0.462. The molecule has 18 heteroatoms. The Balaban J connectivity index is 0.000000372. The highest BCUT2D eigenvalue weighted by Crippen LogP contribution is 2.28. The summed E-state index contributed by atoms with van der Waals surface area (Å²) in [5.74, 6) is 0.0590. The average molecular weight is 1060 g/mol. The zero-order chi connectivity index (χ0) is 50.6. The summed E-state index contributed by atoms with van der Waals surface area (Å²) in [5, 5.41) is 20.0. The zero-order valence-corrected chi connectivity index (χ0v) is 41.8. The third-order valence-corrected chi connectivity index (χ3v) is 13.7. The summed E-state index contributed by atoms with van der Waals surface area (Å²) in [6, 6.07) is 27.2. The van der Waals surface area contributed by atoms with Gasteiger partial charge in [0, 0.05) is 55.3 Å². The van der Waals surface area contributed by atoms with Crippen LogP contribution in [0.4, 0.5) is 13.2 Å². The lowest BCUT2D eigenvalue weighted by atomic mass is 9.84. The van der Waals surface area contributed by atoms with Gasteiger partial charge in [-0.3, -0.25) is 14.4 Å². The molecule has 4 aromatic rings. The Labute approximate surface area is 432 Å². The summed E-state index contributed by atoms with van der Waals surface area (Å²) in [5.41, 5.74) is 10.9. The number of hydrogen-bond donors (Lipinski definition) is 5. The number of halogens is 7. The molecule has 2 saturated carbocycles. The van der Waals surface area contributed by atoms with Crippen molar-refractivity contribution in [2.45, 2.75) is 114 Å². The van der Waals surface area contributed by atoms with Crippen LogP contribution in [-0.2, 0) is 44.9 Å². The summed E-state index contributed by atoms with van der Waals surface area (Å²) in [7, 11) is 0. The van der Waals surface area contributed by atoms with Crippen LogP contribution in [0.5, 0.6) is 11.5 Å². The first kappa shape index (κ1) is 56.3. The fourth-order valence-corrected chi connectivity index (χ4v) is 9.40. The van der Waals surface area contributed by atoms with Crippen LogP contribution in [0.3, 0.4) is 0 Å². The zero-order valence-electron chi connectivity index (χ0n) is 38.8. The molecule has 0 saturated heterocycles. The molecule has 4 aromatic carbocycles. The molecular weight excluding hydrogens is 991 g/mol. The Hall–Kier alpha value is -4.57. The first-order valence-corrected chi connectivity index (χ1v) is 25.1. The molecule has 8 rings (SSSR count). The Kier molecular flexibility index (Phi) is 22.9. The van der Waals surface area contributed by atoms with E-state index in [1.54, 1.807) is 48.5 Å². The molecule has 4 aliphatic carbocycles. The van der Waals surface area contributed by atoms with Crippen molar-refractivity contribution in [3.8, 4) is 11.5 Å². The van der Waals surface area contributed by atoms with Crippen LogP contribution in [0.1, 0.15) is 90.7 Å². The van der Waals surface area contributed by atoms with Gasteiger partial charge in [0.2, 0.25) is 0 Å². The predicted molar refractivity (Wildman–Crippen MR) is 275 cm³/mol. The highest BCUT2D eigenvalue weighted by atomic mass is 35.5. The monoisotopic (exact) mass is 1060 g/mol. The van der Waals surface area contributed by atoms with Crippen molar-refractivity contribution in [3.63, 3.8) is 0 Å². The number of fused-ring (bicyclic) bond motifs is 2. The number of amides is 2. The van der Waals surface area contributed by atoms with Crippen LogP contribution >= 0.6 is 46.4 Å². The van der Waals surface area contributed by atoms with Gasteiger partial charge in [0.1, 0.15) is 17.3 Å². The number of carboxylic acids is 1. The number of nitrogens with one attached hydrogen (secondary N) is 3. The van der Waals surface area contributed by atoms with Gasteiger partial charge in [-0.25, -0.2) is 4.79 Å². The summed E-state index contributed by atoms with van der Waals surface area (Å²) >= 11 is 23.6. The number of carbonyl (C=O) groups excluding carboxylic acids is 3. The first-order chi connectivity index (χ1) is 33.4. The molecular formula is C52H67Cl4F3N4O7. The van der Waals surface area contributed by atoms with E-state index in [9.17, 15) is 27.6 Å². The molecule has 2 amide bonds. The minimum Gasteiger partial charge on any atom is -0.484 e. The lowest BCUT2D eigenvalue weighted by molar-refractivity contribution is -0.192. The van der Waals surface area contributed by atoms with Crippen LogP contribution < -0.4 is 31.2 Å². The summed E-state index contributed by atoms with van der Waals surface area (Å²) in [6.07, 6.45) is 8.97. The van der Waals surface area contributed by atoms with E-state index in [-0.39, 0.29) is 41.4 Å². The molecule has 1 unspecified atom stereocenters. The smallest absolute Gasteiger partial charge is 0.484 e. The molecule has 0 bridgehead atoms. The highest BCUT2D eigenvalue weighted by Gasteiger charge is 2.38. The van der Waals surface area contributed by atoms with E-state index < -0.39 is 12.1 Å². The largest absolute Gasteiger partial charge is 0.490 e. The number of aliphatic carboxylic acids is 1. The maximum atomic E-state index is 12.2. The van der Waals surface area contributed by atoms with Gasteiger partial charge >= 0.3 is 12.1 Å². The standard InChI is InChI=1S/C25H30Cl2N2O2.C15H21ClN2O2.C10H9ClO.C2HF3O2.3H2/c26-20-6-11-24(12-7-20)31-16-25(30)29-22-8-1-17(2-9-22)15-28-23-10-4-18-13-21(27)5-3-19(18)14-23;16-12-3-7-14(8-4-12)20-10-15(19)18-13-5-1-11(9-17)2-6-13;11-9-3-1-8-6-10(12)4-2-7(8)5-9;3-2(4,5)1(6)7;;;/h3,5-7,11-13,17,22-23,28H,1-2,4,8-10,14-16H2,(H,29,30);3-4,7-8,11,13H,1-2,5-6,9-10,17H2,(H,18,19);1,3,5H,2,4,6H2;(H,6,7);3*1H. The van der Waals surface area contributed by atoms with E-state index in [4.69, 9.17) is 71.5 Å². The van der Waals surface area contributed by atoms with Crippen molar-refractivity contribution in [1.29, 1.82) is 0 Å². The molecule has 70 heavy (non-hydrogen) atoms. The Morgan fingerprint density at radius 3 is 1.51 bits per heavy atom. The molecule has 1 atom stereocenters. The van der Waals surface area contributed by atoms with Gasteiger partial charge in [0.05, 0.1) is 0 Å². The minimum atomic E-state index is -5.08. The molecule has 0 radical (unpaired) electrons. The van der Waals surface area contributed by atoms with E-state index in [0.29, 0.717) is 58.0 Å². The Morgan fingerprint density at radius 1 is 0.600 bits per heavy atom. The summed E-state index contributed by atoms with van der Waals surface area (Å²) in [6.45, 7) is 1.89. The van der Waals surface area contributed by atoms with Gasteiger partial charge in [0.25, 0.3) is 11.8 Å². The van der Waals surface area contributed by atoms with Crippen LogP contribution in [-0.4, -0.2) is 79.3 Å². The maximum Gasteiger partial charge on any atom is 0.490 e. The van der Waals surface area contributed by atoms with Crippen molar-refractivity contribution in [2.75, 3.05) is 26.3 Å². The molecule has 0 aliphatic heterocycles. The number of ether oxygens (including phenoxy) is 2. The van der Waals surface area contributed by atoms with E-state index >= 15 is 0 Å². The van der Waals surface area contributed by atoms with Crippen molar-refractivity contribution in [1.82, 2.24) is 16.0 Å². The van der Waals surface area contributed by atoms with Crippen LogP contribution in [0.15, 0.2) is 84.9 Å². The van der Waals surface area contributed by atoms with Crippen LogP contribution in [0, 0.1) is 11.8 Å². The van der Waals surface area contributed by atoms with Gasteiger partial charge in [-0.15, -0.1) is 0 Å². The SMILES string of the molecule is NCC1CCC(NC(=O)COc2ccc(Cl)cc2)CC1.O=C(COc1ccc(Cl)cc1)NC1CCC(CNC2CCc3cc(Cl)ccc3C2)CC1.O=C(O)C(F)(F)F.O=C1CCc2cc(Cl)ccc2C1.[HH].[HH].[HH]. The molecule has 0 aromatic heterocycles. The number of alkyl halides is 3. The number of nitrogens with two attached hydrogens (primary N) is 1. The lowest BCUT2D eigenvalue weighted by Gasteiger charge is -2.32. The van der Waals surface area contributed by atoms with Crippen molar-refractivity contribution < 1.29 is 51.2 Å². The maximum absolute atomic E-state index is 12.2. The molecule has 6 N–H and O–H groups in total. The molecule has 0 heterocycles. The fourth-order valence-electron chi connectivity index (χ4n) is 8.76. The van der Waals surface area contributed by atoms with Crippen LogP contribution in [0.2, 0.25) is 20.1 Å². The van der Waals surface area contributed by atoms with E-state index in [1.807, 2.05) is 24.3 Å². The molecule has 2 fully saturated rings. The second-order valence-electron chi connectivity index (χ2n) is 18.0. The molecule has 4 aliphatic rings. The topological polar surface area (TPSA) is 169 Å². The van der Waals surface area contributed by atoms with Crippen molar-refractivity contribution >= 4 is 70.0 Å². The number of Topliss-reactive ketones (excluding diaryl/α,β-unsaturated/α-hetero) is 1. The number of carboxylic acid groups (broad SMARTS) is 1. The molecule has 386 valence electrons. The average Bonchev–Trinajstić information content (AvgIpc) is 3.34. The quantitative estimate of drug-likeness (QED) is 0.0927. The second-order valence-corrected chi connectivity index (χ2v) is 19.7. The number of hydrogen-bond acceptors (Lipinski definition) is 8. The number of carbonyl (C=O) groups is 4. The van der Waals surface area contributed by atoms with Gasteiger partial charge in [-0.05, 0) is 197 Å². The van der Waals surface area contributed by atoms with E-state index in [1.165, 1.54) is 23.1 Å². The lowest BCUT2D eigenvalue weighted by Crippen LogP contribution is -2.42. The van der Waals surface area contributed by atoms with Gasteiger partial charge in [-0.2, -0.15) is 13.2 Å². The number of benzene rings is 4. The Bertz CT molecular complexity index is 2330. The second kappa shape index (κ2) is 28.5. The van der Waals surface area contributed by atoms with Gasteiger partial charge in [-0.1, -0.05) is 58.5 Å². The summed E-state index contributed by atoms with van der Waals surface area (Å²) < 4.78 is 42.7. The van der Waals surface area contributed by atoms with Crippen molar-refractivity contribution in [2.24, 2.45) is 17.6 Å². The predicted octanol–water partition coefficient (Wildman–Crippen LogP) is 11.3. The third-order valence-electron chi connectivity index (χ3n) is 12.7. The van der Waals surface area contributed by atoms with E-state index in [0.717, 1.165) is 99.3 Å². The normalized spacial score (nSPS) is 20.5. The number of aryl methyl sites for hydroxylation is 2. The van der Waals surface area contributed by atoms with Gasteiger partial charge < -0.3 is 36.3 Å². The third kappa shape index (κ3) is 20.3. The van der Waals surface area contributed by atoms with Crippen LogP contribution in [0.25, 0.3) is 0 Å². The van der Waals surface area contributed by atoms with E-state index in [2.05, 4.69) is 28.1 Å². The Morgan fingerprint density at radius 2 is 1.04 bits per heavy atom. The minimum absolute atomic E-state index is 0. The van der Waals surface area contributed by atoms with Crippen molar-refractivity contribution in [3.05, 3.63) is 127 Å². The number of rotatable bonds is 12. The molecule has 0 spiro atoms. The molecule has 11 nitrogen and oxygen atoms in total.